The molecule has 2 heterocycles. The molecule has 0 amide bonds. The summed E-state index contributed by atoms with van der Waals surface area (Å²) in [5, 5.41) is 19.4. The highest BCUT2D eigenvalue weighted by Gasteiger charge is 2.29. The van der Waals surface area contributed by atoms with E-state index in [1.165, 1.54) is 6.20 Å². The minimum atomic E-state index is -0.321. The fourth-order valence-electron chi connectivity index (χ4n) is 5.63. The molecule has 3 aromatic carbocycles. The third-order valence-corrected chi connectivity index (χ3v) is 8.03. The predicted octanol–water partition coefficient (Wildman–Crippen LogP) is 6.54. The van der Waals surface area contributed by atoms with Crippen molar-refractivity contribution in [3.8, 4) is 28.7 Å². The van der Waals surface area contributed by atoms with E-state index in [1.54, 1.807) is 25.3 Å². The SMILES string of the molecule is Cc1cccc(-c2cccc3c2CC[C@@H]3Oc2cc(OCc3cncc(C#N)c3)c(CN3CC(O)C3)cc2Cl)c1F. The number of aryl methyl sites for hydroxylation is 1. The number of nitriles is 1. The molecule has 0 unspecified atom stereocenters. The smallest absolute Gasteiger partial charge is 0.142 e. The van der Waals surface area contributed by atoms with Gasteiger partial charge in [-0.3, -0.25) is 9.88 Å². The summed E-state index contributed by atoms with van der Waals surface area (Å²) in [6, 6.07) is 19.0. The molecule has 1 saturated heterocycles. The molecule has 0 saturated carbocycles. The Morgan fingerprint density at radius 1 is 1.10 bits per heavy atom. The first kappa shape index (κ1) is 27.2. The Morgan fingerprint density at radius 2 is 1.90 bits per heavy atom. The second kappa shape index (κ2) is 11.5. The molecule has 1 aliphatic heterocycles. The van der Waals surface area contributed by atoms with Crippen molar-refractivity contribution in [1.82, 2.24) is 9.88 Å². The van der Waals surface area contributed by atoms with Gasteiger partial charge in [0, 0.05) is 54.8 Å². The van der Waals surface area contributed by atoms with Gasteiger partial charge in [-0.1, -0.05) is 48.0 Å². The molecular weight excluding hydrogens is 541 g/mol. The number of hydrogen-bond acceptors (Lipinski definition) is 6. The Bertz CT molecular complexity index is 1650. The van der Waals surface area contributed by atoms with Crippen molar-refractivity contribution in [1.29, 1.82) is 5.26 Å². The monoisotopic (exact) mass is 569 g/mol. The Balaban J connectivity index is 1.28. The molecule has 1 aliphatic carbocycles. The van der Waals surface area contributed by atoms with E-state index in [4.69, 9.17) is 21.1 Å². The van der Waals surface area contributed by atoms with Gasteiger partial charge in [-0.2, -0.15) is 5.26 Å². The number of halogens is 2. The standard InChI is InChI=1S/C33H29ClFN3O3/c1-20-4-2-7-28(33(20)35)25-5-3-6-27-26(25)8-9-30(27)41-32-12-31(40-19-22-10-21(13-36)14-37-15-22)23(11-29(32)34)16-38-17-24(39)18-38/h2-7,10-12,14-15,24,30,39H,8-9,16-19H2,1H3/t30-/m0/s1. The molecule has 1 atom stereocenters. The molecular formula is C33H29ClFN3O3. The Hall–Kier alpha value is -3.96. The van der Waals surface area contributed by atoms with Gasteiger partial charge in [0.15, 0.2) is 0 Å². The molecule has 6 rings (SSSR count). The number of aliphatic hydroxyl groups excluding tert-OH is 1. The third-order valence-electron chi connectivity index (χ3n) is 7.73. The van der Waals surface area contributed by atoms with Crippen LogP contribution in [-0.2, 0) is 19.6 Å². The zero-order valence-corrected chi connectivity index (χ0v) is 23.4. The molecule has 208 valence electrons. The van der Waals surface area contributed by atoms with Crippen LogP contribution in [0.25, 0.3) is 11.1 Å². The number of fused-ring (bicyclic) bond motifs is 1. The van der Waals surface area contributed by atoms with Crippen molar-refractivity contribution in [3.05, 3.63) is 111 Å². The number of aromatic nitrogens is 1. The second-order valence-corrected chi connectivity index (χ2v) is 11.1. The Morgan fingerprint density at radius 3 is 2.71 bits per heavy atom. The predicted molar refractivity (Wildman–Crippen MR) is 154 cm³/mol. The average Bonchev–Trinajstić information content (AvgIpc) is 3.37. The summed E-state index contributed by atoms with van der Waals surface area (Å²) in [6.45, 7) is 3.75. The maximum atomic E-state index is 15.0. The first-order valence-electron chi connectivity index (χ1n) is 13.6. The van der Waals surface area contributed by atoms with Crippen molar-refractivity contribution < 1.29 is 19.0 Å². The van der Waals surface area contributed by atoms with Crippen molar-refractivity contribution >= 4 is 11.6 Å². The molecule has 4 aromatic rings. The number of aliphatic hydroxyl groups is 1. The largest absolute Gasteiger partial charge is 0.488 e. The average molecular weight is 570 g/mol. The van der Waals surface area contributed by atoms with E-state index in [0.29, 0.717) is 52.8 Å². The Labute approximate surface area is 243 Å². The molecule has 8 heteroatoms. The number of hydrogen-bond donors (Lipinski definition) is 1. The number of rotatable bonds is 8. The van der Waals surface area contributed by atoms with E-state index in [9.17, 15) is 10.4 Å². The van der Waals surface area contributed by atoms with Crippen LogP contribution in [0.5, 0.6) is 11.5 Å². The van der Waals surface area contributed by atoms with Crippen molar-refractivity contribution in [2.45, 2.75) is 45.1 Å². The van der Waals surface area contributed by atoms with Gasteiger partial charge in [0.05, 0.1) is 16.7 Å². The van der Waals surface area contributed by atoms with Gasteiger partial charge < -0.3 is 14.6 Å². The molecule has 1 fully saturated rings. The minimum Gasteiger partial charge on any atom is -0.488 e. The molecule has 0 bridgehead atoms. The zero-order chi connectivity index (χ0) is 28.5. The van der Waals surface area contributed by atoms with Crippen molar-refractivity contribution in [2.24, 2.45) is 0 Å². The molecule has 0 radical (unpaired) electrons. The quantitative estimate of drug-likeness (QED) is 0.259. The molecule has 1 N–H and O–H groups in total. The van der Waals surface area contributed by atoms with E-state index in [0.717, 1.165) is 40.7 Å². The van der Waals surface area contributed by atoms with Gasteiger partial charge in [-0.25, -0.2) is 4.39 Å². The molecule has 6 nitrogen and oxygen atoms in total. The van der Waals surface area contributed by atoms with E-state index in [-0.39, 0.29) is 24.6 Å². The summed E-state index contributed by atoms with van der Waals surface area (Å²) < 4.78 is 27.8. The summed E-state index contributed by atoms with van der Waals surface area (Å²) in [6.07, 6.45) is 4.13. The maximum Gasteiger partial charge on any atom is 0.142 e. The highest BCUT2D eigenvalue weighted by atomic mass is 35.5. The van der Waals surface area contributed by atoms with Crippen molar-refractivity contribution in [2.75, 3.05) is 13.1 Å². The summed E-state index contributed by atoms with van der Waals surface area (Å²) in [7, 11) is 0. The van der Waals surface area contributed by atoms with Crippen LogP contribution in [0.2, 0.25) is 5.02 Å². The van der Waals surface area contributed by atoms with Gasteiger partial charge in [0.2, 0.25) is 0 Å². The third kappa shape index (κ3) is 5.64. The molecule has 1 aromatic heterocycles. The fourth-order valence-corrected chi connectivity index (χ4v) is 5.86. The summed E-state index contributed by atoms with van der Waals surface area (Å²) in [5.41, 5.74) is 6.35. The lowest BCUT2D eigenvalue weighted by molar-refractivity contribution is -0.00335. The van der Waals surface area contributed by atoms with Crippen LogP contribution < -0.4 is 9.47 Å². The van der Waals surface area contributed by atoms with E-state index >= 15 is 4.39 Å². The summed E-state index contributed by atoms with van der Waals surface area (Å²) in [4.78, 5) is 6.23. The van der Waals surface area contributed by atoms with Crippen LogP contribution in [-0.4, -0.2) is 34.2 Å². The second-order valence-electron chi connectivity index (χ2n) is 10.7. The van der Waals surface area contributed by atoms with Gasteiger partial charge in [0.1, 0.15) is 36.1 Å². The number of ether oxygens (including phenoxy) is 2. The highest BCUT2D eigenvalue weighted by molar-refractivity contribution is 6.32. The van der Waals surface area contributed by atoms with Crippen LogP contribution in [0.4, 0.5) is 4.39 Å². The highest BCUT2D eigenvalue weighted by Crippen LogP contribution is 2.43. The number of nitrogens with zero attached hydrogens (tertiary/aromatic N) is 3. The first-order chi connectivity index (χ1) is 19.9. The summed E-state index contributed by atoms with van der Waals surface area (Å²) >= 11 is 6.76. The van der Waals surface area contributed by atoms with Gasteiger partial charge in [-0.05, 0) is 54.2 Å². The van der Waals surface area contributed by atoms with Crippen molar-refractivity contribution in [3.63, 3.8) is 0 Å². The molecule has 2 aliphatic rings. The number of β-amino-alcohol motifs (C(OH)–C–C–N with tert-alkyl or cyclic N) is 1. The zero-order valence-electron chi connectivity index (χ0n) is 22.6. The van der Waals surface area contributed by atoms with Gasteiger partial charge >= 0.3 is 0 Å². The van der Waals surface area contributed by atoms with Crippen LogP contribution in [0.15, 0.2) is 67.0 Å². The maximum absolute atomic E-state index is 15.0. The lowest BCUT2D eigenvalue weighted by Gasteiger charge is -2.36. The summed E-state index contributed by atoms with van der Waals surface area (Å²) in [5.74, 6) is 0.917. The fraction of sp³-hybridized carbons (Fsp3) is 0.273. The van der Waals surface area contributed by atoms with Crippen LogP contribution in [0.3, 0.4) is 0 Å². The van der Waals surface area contributed by atoms with Crippen LogP contribution in [0.1, 0.15) is 45.9 Å². The normalized spacial score (nSPS) is 16.6. The van der Waals surface area contributed by atoms with E-state index < -0.39 is 0 Å². The topological polar surface area (TPSA) is 78.6 Å². The molecule has 0 spiro atoms. The van der Waals surface area contributed by atoms with Gasteiger partial charge in [-0.15, -0.1) is 0 Å². The number of benzene rings is 3. The van der Waals surface area contributed by atoms with Crippen LogP contribution in [0, 0.1) is 24.1 Å². The number of pyridine rings is 1. The first-order valence-corrected chi connectivity index (χ1v) is 14.0. The Kier molecular flexibility index (Phi) is 7.63. The lowest BCUT2D eigenvalue weighted by atomic mass is 9.95. The minimum absolute atomic E-state index is 0.198. The van der Waals surface area contributed by atoms with Gasteiger partial charge in [0.25, 0.3) is 0 Å². The molecule has 41 heavy (non-hydrogen) atoms. The number of likely N-dealkylation sites (tertiary alicyclic amines) is 1. The lowest BCUT2D eigenvalue weighted by Crippen LogP contribution is -2.49. The van der Waals surface area contributed by atoms with Crippen LogP contribution >= 0.6 is 11.6 Å². The van der Waals surface area contributed by atoms with E-state index in [2.05, 4.69) is 16.0 Å². The van der Waals surface area contributed by atoms with E-state index in [1.807, 2.05) is 42.5 Å².